The summed E-state index contributed by atoms with van der Waals surface area (Å²) >= 11 is 1.83. The van der Waals surface area contributed by atoms with Crippen LogP contribution in [0.5, 0.6) is 0 Å². The minimum atomic E-state index is 0.559. The summed E-state index contributed by atoms with van der Waals surface area (Å²) in [6.07, 6.45) is 0. The second-order valence-corrected chi connectivity index (χ2v) is 15.4. The van der Waals surface area contributed by atoms with Crippen molar-refractivity contribution >= 4 is 75.4 Å². The van der Waals surface area contributed by atoms with Gasteiger partial charge in [-0.25, -0.2) is 15.0 Å². The molecule has 266 valence electrons. The second kappa shape index (κ2) is 12.6. The van der Waals surface area contributed by atoms with Crippen molar-refractivity contribution in [3.8, 4) is 56.4 Å². The molecule has 0 saturated carbocycles. The van der Waals surface area contributed by atoms with Gasteiger partial charge in [0.25, 0.3) is 0 Å². The third-order valence-electron chi connectivity index (χ3n) is 10.9. The zero-order valence-electron chi connectivity index (χ0n) is 30.3. The predicted octanol–water partition coefficient (Wildman–Crippen LogP) is 14.4. The molecule has 0 N–H and O–H groups in total. The second-order valence-electron chi connectivity index (χ2n) is 14.4. The van der Waals surface area contributed by atoms with Crippen molar-refractivity contribution in [3.05, 3.63) is 176 Å². The maximum absolute atomic E-state index is 6.52. The molecular weight excluding hydrogens is 719 g/mol. The average Bonchev–Trinajstić information content (AvgIpc) is 3.97. The van der Waals surface area contributed by atoms with Crippen LogP contribution in [-0.4, -0.2) is 15.0 Å². The van der Waals surface area contributed by atoms with Crippen LogP contribution in [0.1, 0.15) is 0 Å². The van der Waals surface area contributed by atoms with Crippen LogP contribution < -0.4 is 0 Å². The SMILES string of the molecule is c1ccc(-c2ccc3c(c2)oc2cc(-c4nc(-c5cccc(-c6cccc7sc8ccccc8c67)c5)nc(-c5ccc6c(c5)oc5ccccc56)n4)ccc23)cc1. The van der Waals surface area contributed by atoms with E-state index in [1.165, 1.54) is 25.7 Å². The molecule has 0 aliphatic heterocycles. The summed E-state index contributed by atoms with van der Waals surface area (Å²) in [5.74, 6) is 1.70. The van der Waals surface area contributed by atoms with E-state index in [4.69, 9.17) is 23.8 Å². The monoisotopic (exact) mass is 747 g/mol. The number of rotatable bonds is 5. The maximum atomic E-state index is 6.52. The summed E-state index contributed by atoms with van der Waals surface area (Å²) in [5.41, 5.74) is 10.4. The van der Waals surface area contributed by atoms with Crippen LogP contribution in [0.4, 0.5) is 0 Å². The van der Waals surface area contributed by atoms with Gasteiger partial charge >= 0.3 is 0 Å². The Hall–Kier alpha value is -7.41. The highest BCUT2D eigenvalue weighted by Gasteiger charge is 2.18. The molecule has 4 heterocycles. The number of furan rings is 2. The van der Waals surface area contributed by atoms with Crippen molar-refractivity contribution in [1.82, 2.24) is 15.0 Å². The van der Waals surface area contributed by atoms with E-state index in [9.17, 15) is 0 Å². The number of hydrogen-bond donors (Lipinski definition) is 0. The third-order valence-corrected chi connectivity index (χ3v) is 12.1. The Kier molecular flexibility index (Phi) is 7.03. The first kappa shape index (κ1) is 31.9. The van der Waals surface area contributed by atoms with Crippen molar-refractivity contribution in [2.45, 2.75) is 0 Å². The molecule has 0 radical (unpaired) electrons. The van der Waals surface area contributed by atoms with Crippen molar-refractivity contribution in [2.24, 2.45) is 0 Å². The standard InChI is InChI=1S/C51H29N3O2S/c1-2-10-30(11-3-1)31-20-23-39-40-25-22-35(29-45(40)56-43(39)27-31)51-53-49(52-50(54-51)34-21-24-38-37-14-4-6-17-42(37)55-44(38)28-34)33-13-8-12-32(26-33)36-16-9-19-47-48(36)41-15-5-7-18-46(41)57-47/h1-29H. The Morgan fingerprint density at radius 3 is 1.53 bits per heavy atom. The quantitative estimate of drug-likeness (QED) is 0.175. The minimum Gasteiger partial charge on any atom is -0.456 e. The summed E-state index contributed by atoms with van der Waals surface area (Å²) in [5, 5.41) is 6.77. The molecule has 0 bridgehead atoms. The van der Waals surface area contributed by atoms with Gasteiger partial charge in [0.1, 0.15) is 22.3 Å². The molecule has 0 spiro atoms. The van der Waals surface area contributed by atoms with Crippen LogP contribution in [0.3, 0.4) is 0 Å². The van der Waals surface area contributed by atoms with Gasteiger partial charge in [0.05, 0.1) is 0 Å². The summed E-state index contributed by atoms with van der Waals surface area (Å²) < 4.78 is 15.4. The fourth-order valence-electron chi connectivity index (χ4n) is 8.20. The van der Waals surface area contributed by atoms with E-state index < -0.39 is 0 Å². The zero-order valence-corrected chi connectivity index (χ0v) is 31.1. The van der Waals surface area contributed by atoms with Crippen LogP contribution in [0.15, 0.2) is 185 Å². The molecule has 0 atom stereocenters. The molecule has 0 unspecified atom stereocenters. The highest BCUT2D eigenvalue weighted by Crippen LogP contribution is 2.41. The number of fused-ring (bicyclic) bond motifs is 9. The van der Waals surface area contributed by atoms with Crippen molar-refractivity contribution < 1.29 is 8.83 Å². The Morgan fingerprint density at radius 1 is 0.316 bits per heavy atom. The van der Waals surface area contributed by atoms with Gasteiger partial charge in [-0.2, -0.15) is 0 Å². The van der Waals surface area contributed by atoms with Crippen LogP contribution in [0, 0.1) is 0 Å². The Balaban J connectivity index is 1.02. The van der Waals surface area contributed by atoms with E-state index in [1.54, 1.807) is 0 Å². The van der Waals surface area contributed by atoms with Gasteiger partial charge < -0.3 is 8.83 Å². The first-order valence-corrected chi connectivity index (χ1v) is 19.7. The minimum absolute atomic E-state index is 0.559. The van der Waals surface area contributed by atoms with Gasteiger partial charge in [-0.1, -0.05) is 115 Å². The summed E-state index contributed by atoms with van der Waals surface area (Å²) in [7, 11) is 0. The number of benzene rings is 8. The molecule has 12 rings (SSSR count). The molecule has 4 aromatic heterocycles. The van der Waals surface area contributed by atoms with Crippen molar-refractivity contribution in [1.29, 1.82) is 0 Å². The van der Waals surface area contributed by atoms with Crippen LogP contribution in [0.25, 0.3) is 120 Å². The van der Waals surface area contributed by atoms with Gasteiger partial charge in [-0.15, -0.1) is 11.3 Å². The largest absolute Gasteiger partial charge is 0.456 e. The van der Waals surface area contributed by atoms with Crippen LogP contribution >= 0.6 is 11.3 Å². The van der Waals surface area contributed by atoms with Crippen molar-refractivity contribution in [2.75, 3.05) is 0 Å². The zero-order chi connectivity index (χ0) is 37.5. The number of hydrogen-bond acceptors (Lipinski definition) is 6. The van der Waals surface area contributed by atoms with Gasteiger partial charge in [-0.05, 0) is 82.9 Å². The Morgan fingerprint density at radius 2 is 0.807 bits per heavy atom. The molecule has 0 fully saturated rings. The molecule has 6 heteroatoms. The lowest BCUT2D eigenvalue weighted by Crippen LogP contribution is -2.00. The van der Waals surface area contributed by atoms with Gasteiger partial charge in [0.2, 0.25) is 0 Å². The predicted molar refractivity (Wildman–Crippen MR) is 234 cm³/mol. The molecule has 5 nitrogen and oxygen atoms in total. The third kappa shape index (κ3) is 5.26. The lowest BCUT2D eigenvalue weighted by molar-refractivity contribution is 0.669. The average molecular weight is 748 g/mol. The van der Waals surface area contributed by atoms with Crippen LogP contribution in [0.2, 0.25) is 0 Å². The van der Waals surface area contributed by atoms with E-state index in [0.29, 0.717) is 17.5 Å². The first-order chi connectivity index (χ1) is 28.2. The normalized spacial score (nSPS) is 11.9. The maximum Gasteiger partial charge on any atom is 0.164 e. The van der Waals surface area contributed by atoms with Crippen molar-refractivity contribution in [3.63, 3.8) is 0 Å². The molecular formula is C51H29N3O2S. The van der Waals surface area contributed by atoms with E-state index in [1.807, 2.05) is 47.7 Å². The number of para-hydroxylation sites is 1. The Labute approximate surface area is 330 Å². The fourth-order valence-corrected chi connectivity index (χ4v) is 9.33. The fraction of sp³-hybridized carbons (Fsp3) is 0. The van der Waals surface area contributed by atoms with E-state index >= 15 is 0 Å². The number of thiophene rings is 1. The number of nitrogens with zero attached hydrogens (tertiary/aromatic N) is 3. The van der Waals surface area contributed by atoms with E-state index in [-0.39, 0.29) is 0 Å². The highest BCUT2D eigenvalue weighted by atomic mass is 32.1. The highest BCUT2D eigenvalue weighted by molar-refractivity contribution is 7.25. The molecule has 57 heavy (non-hydrogen) atoms. The van der Waals surface area contributed by atoms with E-state index in [0.717, 1.165) is 77.3 Å². The summed E-state index contributed by atoms with van der Waals surface area (Å²) in [6, 6.07) is 61.0. The molecule has 0 aliphatic carbocycles. The lowest BCUT2D eigenvalue weighted by atomic mass is 9.98. The lowest BCUT2D eigenvalue weighted by Gasteiger charge is -2.10. The van der Waals surface area contributed by atoms with Gasteiger partial charge in [0, 0.05) is 58.4 Å². The molecule has 12 aromatic rings. The smallest absolute Gasteiger partial charge is 0.164 e. The number of aromatic nitrogens is 3. The summed E-state index contributed by atoms with van der Waals surface area (Å²) in [6.45, 7) is 0. The van der Waals surface area contributed by atoms with Gasteiger partial charge in [-0.3, -0.25) is 0 Å². The Bertz CT molecular complexity index is 3540. The molecule has 0 amide bonds. The van der Waals surface area contributed by atoms with Gasteiger partial charge in [0.15, 0.2) is 17.5 Å². The molecule has 8 aromatic carbocycles. The molecule has 0 aliphatic rings. The first-order valence-electron chi connectivity index (χ1n) is 18.9. The van der Waals surface area contributed by atoms with E-state index in [2.05, 4.69) is 140 Å². The topological polar surface area (TPSA) is 65.0 Å². The van der Waals surface area contributed by atoms with Crippen LogP contribution in [-0.2, 0) is 0 Å². The molecule has 0 saturated heterocycles. The summed E-state index contributed by atoms with van der Waals surface area (Å²) in [4.78, 5) is 15.4.